The van der Waals surface area contributed by atoms with Gasteiger partial charge in [0.15, 0.2) is 0 Å². The van der Waals surface area contributed by atoms with E-state index in [0.717, 1.165) is 19.6 Å². The standard InChI is InChI=1S/C15H25N3/c1-13-6-3-4-7-14(13)15(12-16)18-9-5-8-17(2)10-11-18/h3-4,6-7,15H,5,8-12,16H2,1-2H3. The van der Waals surface area contributed by atoms with E-state index in [1.807, 2.05) is 0 Å². The molecule has 1 heterocycles. The lowest BCUT2D eigenvalue weighted by atomic mass is 10.00. The zero-order valence-electron chi connectivity index (χ0n) is 11.6. The zero-order valence-corrected chi connectivity index (χ0v) is 11.6. The van der Waals surface area contributed by atoms with Crippen molar-refractivity contribution < 1.29 is 0 Å². The fraction of sp³-hybridized carbons (Fsp3) is 0.600. The Labute approximate surface area is 111 Å². The van der Waals surface area contributed by atoms with Crippen LogP contribution in [0.4, 0.5) is 0 Å². The molecular weight excluding hydrogens is 222 g/mol. The lowest BCUT2D eigenvalue weighted by molar-refractivity contribution is 0.207. The maximum absolute atomic E-state index is 6.03. The number of likely N-dealkylation sites (N-methyl/N-ethyl adjacent to an activating group) is 1. The van der Waals surface area contributed by atoms with E-state index in [-0.39, 0.29) is 0 Å². The van der Waals surface area contributed by atoms with E-state index in [4.69, 9.17) is 5.73 Å². The molecule has 1 aliphatic heterocycles. The molecule has 18 heavy (non-hydrogen) atoms. The minimum atomic E-state index is 0.373. The fourth-order valence-corrected chi connectivity index (χ4v) is 2.81. The molecule has 100 valence electrons. The quantitative estimate of drug-likeness (QED) is 0.881. The molecule has 2 rings (SSSR count). The molecule has 1 unspecified atom stereocenters. The van der Waals surface area contributed by atoms with Crippen LogP contribution in [0.25, 0.3) is 0 Å². The molecule has 0 aliphatic carbocycles. The van der Waals surface area contributed by atoms with Gasteiger partial charge in [-0.3, -0.25) is 4.90 Å². The maximum atomic E-state index is 6.03. The SMILES string of the molecule is Cc1ccccc1C(CN)N1CCCN(C)CC1. The van der Waals surface area contributed by atoms with Crippen LogP contribution in [0.2, 0.25) is 0 Å². The lowest BCUT2D eigenvalue weighted by Crippen LogP contribution is -2.36. The second-order valence-corrected chi connectivity index (χ2v) is 5.30. The monoisotopic (exact) mass is 247 g/mol. The number of benzene rings is 1. The van der Waals surface area contributed by atoms with Gasteiger partial charge in [0.25, 0.3) is 0 Å². The van der Waals surface area contributed by atoms with Crippen molar-refractivity contribution in [3.63, 3.8) is 0 Å². The molecule has 2 N–H and O–H groups in total. The van der Waals surface area contributed by atoms with Crippen molar-refractivity contribution in [3.8, 4) is 0 Å². The lowest BCUT2D eigenvalue weighted by Gasteiger charge is -2.31. The summed E-state index contributed by atoms with van der Waals surface area (Å²) >= 11 is 0. The Kier molecular flexibility index (Phi) is 4.75. The van der Waals surface area contributed by atoms with Crippen LogP contribution < -0.4 is 5.73 Å². The molecule has 1 aromatic rings. The van der Waals surface area contributed by atoms with Gasteiger partial charge in [0.05, 0.1) is 0 Å². The number of nitrogens with two attached hydrogens (primary N) is 1. The Morgan fingerprint density at radius 2 is 1.94 bits per heavy atom. The Hall–Kier alpha value is -0.900. The first kappa shape index (κ1) is 13.5. The number of nitrogens with zero attached hydrogens (tertiary/aromatic N) is 2. The average Bonchev–Trinajstić information content (AvgIpc) is 2.58. The van der Waals surface area contributed by atoms with Crippen molar-refractivity contribution >= 4 is 0 Å². The summed E-state index contributed by atoms with van der Waals surface area (Å²) in [7, 11) is 2.20. The molecule has 1 saturated heterocycles. The number of aryl methyl sites for hydroxylation is 1. The molecular formula is C15H25N3. The van der Waals surface area contributed by atoms with Crippen molar-refractivity contribution in [1.29, 1.82) is 0 Å². The van der Waals surface area contributed by atoms with Gasteiger partial charge in [0, 0.05) is 32.2 Å². The van der Waals surface area contributed by atoms with Gasteiger partial charge in [-0.25, -0.2) is 0 Å². The highest BCUT2D eigenvalue weighted by molar-refractivity contribution is 5.29. The van der Waals surface area contributed by atoms with E-state index in [9.17, 15) is 0 Å². The van der Waals surface area contributed by atoms with Gasteiger partial charge < -0.3 is 10.6 Å². The summed E-state index contributed by atoms with van der Waals surface area (Å²) in [5, 5.41) is 0. The van der Waals surface area contributed by atoms with Crippen LogP contribution in [0, 0.1) is 6.92 Å². The summed E-state index contributed by atoms with van der Waals surface area (Å²) in [5.41, 5.74) is 8.78. The molecule has 3 heteroatoms. The third kappa shape index (κ3) is 3.10. The molecule has 0 bridgehead atoms. The van der Waals surface area contributed by atoms with Crippen LogP contribution in [0.5, 0.6) is 0 Å². The van der Waals surface area contributed by atoms with Gasteiger partial charge in [0.2, 0.25) is 0 Å². The second-order valence-electron chi connectivity index (χ2n) is 5.30. The topological polar surface area (TPSA) is 32.5 Å². The number of hydrogen-bond acceptors (Lipinski definition) is 3. The molecule has 1 atom stereocenters. The van der Waals surface area contributed by atoms with Crippen molar-refractivity contribution in [2.24, 2.45) is 5.73 Å². The van der Waals surface area contributed by atoms with Crippen LogP contribution in [0.15, 0.2) is 24.3 Å². The molecule has 1 aliphatic rings. The van der Waals surface area contributed by atoms with E-state index < -0.39 is 0 Å². The Morgan fingerprint density at radius 3 is 2.67 bits per heavy atom. The Balaban J connectivity index is 2.15. The summed E-state index contributed by atoms with van der Waals surface area (Å²) in [4.78, 5) is 4.96. The van der Waals surface area contributed by atoms with E-state index in [2.05, 4.69) is 48.0 Å². The molecule has 1 aromatic carbocycles. The van der Waals surface area contributed by atoms with Crippen LogP contribution in [-0.4, -0.2) is 49.6 Å². The predicted molar refractivity (Wildman–Crippen MR) is 76.7 cm³/mol. The minimum Gasteiger partial charge on any atom is -0.329 e. The zero-order chi connectivity index (χ0) is 13.0. The first-order chi connectivity index (χ1) is 8.72. The first-order valence-electron chi connectivity index (χ1n) is 6.90. The van der Waals surface area contributed by atoms with E-state index in [1.54, 1.807) is 0 Å². The Morgan fingerprint density at radius 1 is 1.17 bits per heavy atom. The van der Waals surface area contributed by atoms with Gasteiger partial charge in [-0.15, -0.1) is 0 Å². The summed E-state index contributed by atoms with van der Waals surface area (Å²) in [6.07, 6.45) is 1.24. The van der Waals surface area contributed by atoms with Crippen molar-refractivity contribution in [3.05, 3.63) is 35.4 Å². The van der Waals surface area contributed by atoms with Crippen molar-refractivity contribution in [1.82, 2.24) is 9.80 Å². The summed E-state index contributed by atoms with van der Waals surface area (Å²) in [5.74, 6) is 0. The van der Waals surface area contributed by atoms with Crippen LogP contribution in [0.3, 0.4) is 0 Å². The summed E-state index contributed by atoms with van der Waals surface area (Å²) < 4.78 is 0. The molecule has 3 nitrogen and oxygen atoms in total. The van der Waals surface area contributed by atoms with Crippen LogP contribution in [-0.2, 0) is 0 Å². The molecule has 0 aromatic heterocycles. The Bertz CT molecular complexity index is 378. The molecule has 0 saturated carbocycles. The van der Waals surface area contributed by atoms with Crippen LogP contribution >= 0.6 is 0 Å². The van der Waals surface area contributed by atoms with Gasteiger partial charge in [0.1, 0.15) is 0 Å². The second kappa shape index (κ2) is 6.32. The highest BCUT2D eigenvalue weighted by Crippen LogP contribution is 2.23. The van der Waals surface area contributed by atoms with Gasteiger partial charge >= 0.3 is 0 Å². The third-order valence-electron chi connectivity index (χ3n) is 3.97. The molecule has 0 spiro atoms. The van der Waals surface area contributed by atoms with Crippen molar-refractivity contribution in [2.75, 3.05) is 39.8 Å². The maximum Gasteiger partial charge on any atom is 0.0473 e. The number of rotatable bonds is 3. The fourth-order valence-electron chi connectivity index (χ4n) is 2.81. The molecule has 1 fully saturated rings. The third-order valence-corrected chi connectivity index (χ3v) is 3.97. The highest BCUT2D eigenvalue weighted by atomic mass is 15.2. The number of hydrogen-bond donors (Lipinski definition) is 1. The largest absolute Gasteiger partial charge is 0.329 e. The predicted octanol–water partition coefficient (Wildman–Crippen LogP) is 1.63. The van der Waals surface area contributed by atoms with Gasteiger partial charge in [-0.05, 0) is 38.1 Å². The van der Waals surface area contributed by atoms with E-state index >= 15 is 0 Å². The smallest absolute Gasteiger partial charge is 0.0473 e. The molecule has 0 amide bonds. The summed E-state index contributed by atoms with van der Waals surface area (Å²) in [6.45, 7) is 7.49. The molecule has 0 radical (unpaired) electrons. The highest BCUT2D eigenvalue weighted by Gasteiger charge is 2.22. The van der Waals surface area contributed by atoms with Crippen LogP contribution in [0.1, 0.15) is 23.6 Å². The minimum absolute atomic E-state index is 0.373. The normalized spacial score (nSPS) is 20.6. The van der Waals surface area contributed by atoms with Gasteiger partial charge in [-0.2, -0.15) is 0 Å². The van der Waals surface area contributed by atoms with E-state index in [0.29, 0.717) is 12.6 Å². The average molecular weight is 247 g/mol. The van der Waals surface area contributed by atoms with E-state index in [1.165, 1.54) is 24.1 Å². The van der Waals surface area contributed by atoms with Gasteiger partial charge in [-0.1, -0.05) is 24.3 Å². The summed E-state index contributed by atoms with van der Waals surface area (Å²) in [6, 6.07) is 9.00. The first-order valence-corrected chi connectivity index (χ1v) is 6.90. The van der Waals surface area contributed by atoms with Crippen molar-refractivity contribution in [2.45, 2.75) is 19.4 Å².